The normalized spacial score (nSPS) is 14.1. The molecular weight excluding hydrogens is 471 g/mol. The van der Waals surface area contributed by atoms with E-state index < -0.39 is 8.01 Å². The van der Waals surface area contributed by atoms with E-state index in [4.69, 9.17) is 8.39 Å². The third-order valence-electron chi connectivity index (χ3n) is 7.46. The maximum atomic E-state index is 7.10. The summed E-state index contributed by atoms with van der Waals surface area (Å²) in [7, 11) is -1.24. The van der Waals surface area contributed by atoms with Crippen LogP contribution in [0.2, 0.25) is 0 Å². The largest absolute Gasteiger partial charge is 0.418 e. The van der Waals surface area contributed by atoms with Crippen molar-refractivity contribution in [1.29, 1.82) is 0 Å². The van der Waals surface area contributed by atoms with Gasteiger partial charge in [0.1, 0.15) is 11.2 Å². The number of hydrogen-bond donors (Lipinski definition) is 0. The summed E-state index contributed by atoms with van der Waals surface area (Å²) < 4.78 is 14.2. The van der Waals surface area contributed by atoms with Gasteiger partial charge in [-0.05, 0) is 78.5 Å². The molecular formula is C34H53O2P. The Bertz CT molecular complexity index is 1280. The second kappa shape index (κ2) is 8.94. The molecule has 3 rings (SSSR count). The lowest BCUT2D eigenvalue weighted by molar-refractivity contribution is 0.534. The second-order valence-corrected chi connectivity index (χ2v) is 18.4. The summed E-state index contributed by atoms with van der Waals surface area (Å²) in [6.45, 7) is 39.1. The van der Waals surface area contributed by atoms with E-state index in [2.05, 4.69) is 130 Å². The summed E-state index contributed by atoms with van der Waals surface area (Å²) in [4.78, 5) is 0. The minimum Gasteiger partial charge on any atom is -0.418 e. The standard InChI is InChI=1S/C34H53O2P/c1-20-22(30(3,4)5)18-24(32(9,10)11)28-26(20)27-21(2)23(31(6,7)8)19-25(33(12,13)14)29(27)36-37(35-28)34(15,16)17/h18-19H,1-17H3. The van der Waals surface area contributed by atoms with E-state index in [1.165, 1.54) is 44.2 Å². The van der Waals surface area contributed by atoms with Crippen LogP contribution in [0.1, 0.15) is 137 Å². The van der Waals surface area contributed by atoms with E-state index in [9.17, 15) is 0 Å². The second-order valence-electron chi connectivity index (χ2n) is 16.2. The van der Waals surface area contributed by atoms with Crippen molar-refractivity contribution < 1.29 is 8.39 Å². The Morgan fingerprint density at radius 1 is 0.459 bits per heavy atom. The molecule has 2 nitrogen and oxygen atoms in total. The van der Waals surface area contributed by atoms with Crippen molar-refractivity contribution in [2.24, 2.45) is 0 Å². The molecule has 1 aromatic heterocycles. The average molecular weight is 525 g/mol. The summed E-state index contributed by atoms with van der Waals surface area (Å²) in [5.74, 6) is 0. The number of aryl methyl sites for hydroxylation is 2. The molecule has 37 heavy (non-hydrogen) atoms. The fraction of sp³-hybridized carbons (Fsp3) is 0.647. The molecule has 0 N–H and O–H groups in total. The molecule has 0 aliphatic rings. The van der Waals surface area contributed by atoms with Gasteiger partial charge in [0.25, 0.3) is 0 Å². The van der Waals surface area contributed by atoms with Crippen molar-refractivity contribution in [3.63, 3.8) is 0 Å². The van der Waals surface area contributed by atoms with E-state index in [1.807, 2.05) is 0 Å². The van der Waals surface area contributed by atoms with Gasteiger partial charge in [0.15, 0.2) is 0 Å². The van der Waals surface area contributed by atoms with Crippen molar-refractivity contribution in [1.82, 2.24) is 0 Å². The van der Waals surface area contributed by atoms with Gasteiger partial charge >= 0.3 is 0 Å². The van der Waals surface area contributed by atoms with Crippen LogP contribution < -0.4 is 0 Å². The molecule has 0 radical (unpaired) electrons. The topological polar surface area (TPSA) is 26.3 Å². The fourth-order valence-corrected chi connectivity index (χ4v) is 6.73. The van der Waals surface area contributed by atoms with Crippen LogP contribution in [0.3, 0.4) is 0 Å². The first-order valence-corrected chi connectivity index (χ1v) is 15.1. The zero-order valence-corrected chi connectivity index (χ0v) is 27.8. The van der Waals surface area contributed by atoms with Gasteiger partial charge in [0.05, 0.1) is 5.16 Å². The van der Waals surface area contributed by atoms with Crippen LogP contribution in [0.15, 0.2) is 20.5 Å². The molecule has 206 valence electrons. The predicted octanol–water partition coefficient (Wildman–Crippen LogP) is 11.9. The summed E-state index contributed by atoms with van der Waals surface area (Å²) in [6.07, 6.45) is 0. The molecule has 0 bridgehead atoms. The maximum Gasteiger partial charge on any atom is 0.222 e. The van der Waals surface area contributed by atoms with Crippen molar-refractivity contribution in [3.8, 4) is 0 Å². The Balaban J connectivity index is 2.97. The Morgan fingerprint density at radius 2 is 0.730 bits per heavy atom. The van der Waals surface area contributed by atoms with Crippen molar-refractivity contribution in [2.75, 3.05) is 0 Å². The van der Waals surface area contributed by atoms with Gasteiger partial charge in [-0.15, -0.1) is 0 Å². The average Bonchev–Trinajstić information content (AvgIpc) is 2.82. The van der Waals surface area contributed by atoms with E-state index in [-0.39, 0.29) is 26.8 Å². The summed E-state index contributed by atoms with van der Waals surface area (Å²) in [5, 5.41) is 2.32. The van der Waals surface area contributed by atoms with Crippen LogP contribution in [0.4, 0.5) is 0 Å². The van der Waals surface area contributed by atoms with Gasteiger partial charge in [0.2, 0.25) is 8.01 Å². The fourth-order valence-electron chi connectivity index (χ4n) is 5.44. The zero-order valence-electron chi connectivity index (χ0n) is 26.9. The molecule has 0 saturated heterocycles. The van der Waals surface area contributed by atoms with Crippen molar-refractivity contribution in [2.45, 2.75) is 145 Å². The summed E-state index contributed by atoms with van der Waals surface area (Å²) in [6, 6.07) is 4.84. The van der Waals surface area contributed by atoms with Crippen molar-refractivity contribution in [3.05, 3.63) is 45.5 Å². The number of hydrogen-bond acceptors (Lipinski definition) is 2. The molecule has 0 fully saturated rings. The van der Waals surface area contributed by atoms with Crippen LogP contribution in [0.25, 0.3) is 21.9 Å². The lowest BCUT2D eigenvalue weighted by Gasteiger charge is -2.30. The van der Waals surface area contributed by atoms with Gasteiger partial charge in [-0.3, -0.25) is 0 Å². The first-order valence-electron chi connectivity index (χ1n) is 13.9. The summed E-state index contributed by atoms with van der Waals surface area (Å²) >= 11 is 0. The molecule has 0 spiro atoms. The van der Waals surface area contributed by atoms with Gasteiger partial charge in [-0.1, -0.05) is 95.2 Å². The number of fused-ring (bicyclic) bond motifs is 3. The molecule has 0 saturated carbocycles. The lowest BCUT2D eigenvalue weighted by atomic mass is 9.74. The van der Waals surface area contributed by atoms with Crippen LogP contribution in [-0.2, 0) is 26.8 Å². The van der Waals surface area contributed by atoms with E-state index in [0.717, 1.165) is 11.2 Å². The first-order chi connectivity index (χ1) is 16.4. The van der Waals surface area contributed by atoms with Crippen LogP contribution >= 0.6 is 8.01 Å². The third kappa shape index (κ3) is 5.56. The highest BCUT2D eigenvalue weighted by Gasteiger charge is 2.32. The highest BCUT2D eigenvalue weighted by Crippen LogP contribution is 2.52. The lowest BCUT2D eigenvalue weighted by Crippen LogP contribution is -2.19. The molecule has 0 unspecified atom stereocenters. The molecule has 3 heteroatoms. The van der Waals surface area contributed by atoms with E-state index >= 15 is 0 Å². The van der Waals surface area contributed by atoms with E-state index in [1.54, 1.807) is 0 Å². The first kappa shape index (κ1) is 29.9. The SMILES string of the molecule is Cc1c(C(C)(C)C)cc(C(C)(C)C)c2op(C(C)(C)C)oc3c(C(C)(C)C)cc(C(C)(C)C)c(C)c3c12. The Kier molecular flexibility index (Phi) is 7.22. The maximum absolute atomic E-state index is 7.10. The Hall–Kier alpha value is -1.66. The Labute approximate surface area is 228 Å². The quantitative estimate of drug-likeness (QED) is 0.292. The van der Waals surface area contributed by atoms with Gasteiger partial charge in [-0.2, -0.15) is 0 Å². The monoisotopic (exact) mass is 524 g/mol. The molecule has 0 aliphatic heterocycles. The molecule has 3 aromatic rings. The Morgan fingerprint density at radius 3 is 0.946 bits per heavy atom. The molecule has 0 aliphatic carbocycles. The van der Waals surface area contributed by atoms with Gasteiger partial charge in [-0.25, -0.2) is 0 Å². The summed E-state index contributed by atoms with van der Waals surface area (Å²) in [5.41, 5.74) is 9.79. The van der Waals surface area contributed by atoms with Gasteiger partial charge in [0, 0.05) is 21.9 Å². The molecule has 1 heterocycles. The van der Waals surface area contributed by atoms with Crippen LogP contribution in [0.5, 0.6) is 0 Å². The minimum atomic E-state index is -1.24. The zero-order chi connectivity index (χ0) is 28.7. The highest BCUT2D eigenvalue weighted by atomic mass is 31.1. The minimum absolute atomic E-state index is 0.00357. The van der Waals surface area contributed by atoms with Crippen molar-refractivity contribution >= 4 is 30.0 Å². The van der Waals surface area contributed by atoms with Crippen LogP contribution in [-0.4, -0.2) is 0 Å². The predicted molar refractivity (Wildman–Crippen MR) is 166 cm³/mol. The molecule has 0 atom stereocenters. The highest BCUT2D eigenvalue weighted by molar-refractivity contribution is 7.38. The van der Waals surface area contributed by atoms with Gasteiger partial charge < -0.3 is 8.39 Å². The van der Waals surface area contributed by atoms with Crippen LogP contribution in [0, 0.1) is 13.8 Å². The van der Waals surface area contributed by atoms with E-state index in [0.29, 0.717) is 0 Å². The molecule has 0 amide bonds. The smallest absolute Gasteiger partial charge is 0.222 e. The number of rotatable bonds is 0. The molecule has 2 aromatic carbocycles. The number of benzene rings is 2. The third-order valence-corrected chi connectivity index (χ3v) is 9.25.